The van der Waals surface area contributed by atoms with Gasteiger partial charge in [0.15, 0.2) is 5.84 Å². The fourth-order valence-electron chi connectivity index (χ4n) is 1.63. The van der Waals surface area contributed by atoms with Gasteiger partial charge in [0.25, 0.3) is 0 Å². The zero-order chi connectivity index (χ0) is 14.0. The molecule has 2 aromatic rings. The summed E-state index contributed by atoms with van der Waals surface area (Å²) in [5.74, 6) is 0.0163. The highest BCUT2D eigenvalue weighted by molar-refractivity contribution is 7.99. The Balaban J connectivity index is 2.52. The number of amidine groups is 1. The van der Waals surface area contributed by atoms with E-state index in [4.69, 9.17) is 10.9 Å². The normalized spacial score (nSPS) is 11.8. The van der Waals surface area contributed by atoms with Gasteiger partial charge in [0.2, 0.25) is 5.16 Å². The highest BCUT2D eigenvalue weighted by Gasteiger charge is 2.16. The van der Waals surface area contributed by atoms with Crippen molar-refractivity contribution in [3.63, 3.8) is 0 Å². The second kappa shape index (κ2) is 5.22. The summed E-state index contributed by atoms with van der Waals surface area (Å²) in [5, 5.41) is 24.3. The second-order valence-electron chi connectivity index (χ2n) is 3.93. The molecule has 0 unspecified atom stereocenters. The zero-order valence-electron chi connectivity index (χ0n) is 10.7. The van der Waals surface area contributed by atoms with E-state index in [1.54, 1.807) is 7.05 Å². The molecular formula is C10H13N7OS. The molecule has 3 N–H and O–H groups in total. The topological polar surface area (TPSA) is 115 Å². The van der Waals surface area contributed by atoms with Crippen LogP contribution in [0.4, 0.5) is 0 Å². The van der Waals surface area contributed by atoms with Crippen molar-refractivity contribution in [2.45, 2.75) is 24.0 Å². The quantitative estimate of drug-likeness (QED) is 0.363. The van der Waals surface area contributed by atoms with Gasteiger partial charge in [-0.05, 0) is 47.7 Å². The minimum Gasteiger partial charge on any atom is -0.409 e. The third kappa shape index (κ3) is 2.65. The molecule has 0 fully saturated rings. The van der Waals surface area contributed by atoms with Crippen LogP contribution in [0.25, 0.3) is 0 Å². The number of hydrogen-bond acceptors (Lipinski definition) is 7. The first kappa shape index (κ1) is 13.3. The molecule has 0 saturated heterocycles. The smallest absolute Gasteiger partial charge is 0.215 e. The van der Waals surface area contributed by atoms with Crippen LogP contribution in [0, 0.1) is 13.8 Å². The molecule has 0 aliphatic carbocycles. The molecule has 2 heterocycles. The van der Waals surface area contributed by atoms with Crippen molar-refractivity contribution in [3.05, 3.63) is 22.9 Å². The number of oxime groups is 1. The molecule has 0 bridgehead atoms. The average molecular weight is 279 g/mol. The Morgan fingerprint density at radius 1 is 1.47 bits per heavy atom. The van der Waals surface area contributed by atoms with Gasteiger partial charge in [-0.15, -0.1) is 5.10 Å². The molecule has 0 aliphatic rings. The summed E-state index contributed by atoms with van der Waals surface area (Å²) in [6.07, 6.45) is 0. The van der Waals surface area contributed by atoms with Gasteiger partial charge >= 0.3 is 0 Å². The van der Waals surface area contributed by atoms with E-state index in [0.29, 0.717) is 15.7 Å². The Kier molecular flexibility index (Phi) is 3.65. The number of rotatable bonds is 3. The molecule has 0 spiro atoms. The number of tetrazole rings is 1. The van der Waals surface area contributed by atoms with Crippen LogP contribution in [-0.2, 0) is 7.05 Å². The maximum absolute atomic E-state index is 8.87. The summed E-state index contributed by atoms with van der Waals surface area (Å²) in [6.45, 7) is 3.75. The Morgan fingerprint density at radius 3 is 2.79 bits per heavy atom. The summed E-state index contributed by atoms with van der Waals surface area (Å²) in [6, 6.07) is 1.87. The lowest BCUT2D eigenvalue weighted by atomic mass is 10.1. The first-order chi connectivity index (χ1) is 9.02. The van der Waals surface area contributed by atoms with E-state index < -0.39 is 0 Å². The maximum Gasteiger partial charge on any atom is 0.215 e. The number of nitrogens with two attached hydrogens (primary N) is 1. The third-order valence-electron chi connectivity index (χ3n) is 2.44. The summed E-state index contributed by atoms with van der Waals surface area (Å²) in [4.78, 5) is 4.40. The predicted octanol–water partition coefficient (Wildman–Crippen LogP) is 0.468. The van der Waals surface area contributed by atoms with Crippen LogP contribution in [0.2, 0.25) is 0 Å². The molecule has 0 amide bonds. The van der Waals surface area contributed by atoms with Gasteiger partial charge in [0.05, 0.1) is 5.56 Å². The number of nitrogens with zero attached hydrogens (tertiary/aromatic N) is 6. The van der Waals surface area contributed by atoms with Gasteiger partial charge in [-0.2, -0.15) is 0 Å². The molecule has 9 heteroatoms. The molecule has 8 nitrogen and oxygen atoms in total. The summed E-state index contributed by atoms with van der Waals surface area (Å²) in [5.41, 5.74) is 8.00. The number of pyridine rings is 1. The largest absolute Gasteiger partial charge is 0.409 e. The minimum absolute atomic E-state index is 0.0163. The standard InChI is InChI=1S/C10H13N7OS/c1-5-4-6(2)12-9(7(5)8(11)14-18)19-10-13-15-16-17(10)3/h4,18H,1-3H3,(H2,11,14). The fourth-order valence-corrected chi connectivity index (χ4v) is 2.61. The Labute approximate surface area is 113 Å². The van der Waals surface area contributed by atoms with E-state index in [0.717, 1.165) is 11.3 Å². The lowest BCUT2D eigenvalue weighted by molar-refractivity contribution is 0.318. The van der Waals surface area contributed by atoms with Gasteiger partial charge in [-0.25, -0.2) is 9.67 Å². The molecule has 0 saturated carbocycles. The fraction of sp³-hybridized carbons (Fsp3) is 0.300. The average Bonchev–Trinajstić information content (AvgIpc) is 2.73. The van der Waals surface area contributed by atoms with Crippen molar-refractivity contribution in [2.24, 2.45) is 17.9 Å². The molecule has 0 radical (unpaired) electrons. The Morgan fingerprint density at radius 2 is 2.21 bits per heavy atom. The van der Waals surface area contributed by atoms with Crippen LogP contribution in [0.1, 0.15) is 16.8 Å². The third-order valence-corrected chi connectivity index (χ3v) is 3.46. The highest BCUT2D eigenvalue weighted by atomic mass is 32.2. The number of aromatic nitrogens is 5. The van der Waals surface area contributed by atoms with Gasteiger partial charge in [0, 0.05) is 12.7 Å². The Hall–Kier alpha value is -2.16. The molecule has 0 aliphatic heterocycles. The van der Waals surface area contributed by atoms with Crippen molar-refractivity contribution in [1.29, 1.82) is 0 Å². The summed E-state index contributed by atoms with van der Waals surface area (Å²) >= 11 is 1.26. The van der Waals surface area contributed by atoms with Crippen molar-refractivity contribution >= 4 is 17.6 Å². The Bertz CT molecular complexity index is 637. The maximum atomic E-state index is 8.87. The molecule has 100 valence electrons. The van der Waals surface area contributed by atoms with Gasteiger partial charge < -0.3 is 10.9 Å². The van der Waals surface area contributed by atoms with E-state index in [1.807, 2.05) is 19.9 Å². The van der Waals surface area contributed by atoms with E-state index in [-0.39, 0.29) is 5.84 Å². The highest BCUT2D eigenvalue weighted by Crippen LogP contribution is 2.28. The lowest BCUT2D eigenvalue weighted by Crippen LogP contribution is -2.17. The second-order valence-corrected chi connectivity index (χ2v) is 4.89. The minimum atomic E-state index is 0.0163. The van der Waals surface area contributed by atoms with E-state index >= 15 is 0 Å². The summed E-state index contributed by atoms with van der Waals surface area (Å²) in [7, 11) is 1.73. The van der Waals surface area contributed by atoms with Crippen LogP contribution >= 0.6 is 11.8 Å². The molecule has 0 atom stereocenters. The summed E-state index contributed by atoms with van der Waals surface area (Å²) < 4.78 is 1.53. The first-order valence-electron chi connectivity index (χ1n) is 5.39. The molecule has 2 aromatic heterocycles. The van der Waals surface area contributed by atoms with Gasteiger partial charge in [0.1, 0.15) is 5.03 Å². The van der Waals surface area contributed by atoms with Crippen molar-refractivity contribution in [2.75, 3.05) is 0 Å². The van der Waals surface area contributed by atoms with Gasteiger partial charge in [-0.3, -0.25) is 0 Å². The predicted molar refractivity (Wildman–Crippen MR) is 69.1 cm³/mol. The molecule has 19 heavy (non-hydrogen) atoms. The SMILES string of the molecule is Cc1cc(C)c(C(N)=NO)c(Sc2nnnn2C)n1. The van der Waals surface area contributed by atoms with Crippen LogP contribution in [0.5, 0.6) is 0 Å². The molecular weight excluding hydrogens is 266 g/mol. The van der Waals surface area contributed by atoms with E-state index in [1.165, 1.54) is 16.4 Å². The zero-order valence-corrected chi connectivity index (χ0v) is 11.5. The van der Waals surface area contributed by atoms with Crippen molar-refractivity contribution in [3.8, 4) is 0 Å². The monoisotopic (exact) mass is 279 g/mol. The van der Waals surface area contributed by atoms with Gasteiger partial charge in [-0.1, -0.05) is 5.16 Å². The lowest BCUT2D eigenvalue weighted by Gasteiger charge is -2.10. The number of aryl methyl sites for hydroxylation is 3. The van der Waals surface area contributed by atoms with Crippen molar-refractivity contribution in [1.82, 2.24) is 25.2 Å². The van der Waals surface area contributed by atoms with Crippen molar-refractivity contribution < 1.29 is 5.21 Å². The van der Waals surface area contributed by atoms with E-state index in [2.05, 4.69) is 25.7 Å². The van der Waals surface area contributed by atoms with Crippen LogP contribution < -0.4 is 5.73 Å². The van der Waals surface area contributed by atoms with Crippen LogP contribution in [-0.4, -0.2) is 36.2 Å². The van der Waals surface area contributed by atoms with Crippen LogP contribution in [0.15, 0.2) is 21.4 Å². The number of hydrogen-bond donors (Lipinski definition) is 2. The molecule has 0 aromatic carbocycles. The van der Waals surface area contributed by atoms with Crippen LogP contribution in [0.3, 0.4) is 0 Å². The van der Waals surface area contributed by atoms with E-state index in [9.17, 15) is 0 Å². The molecule has 2 rings (SSSR count). The first-order valence-corrected chi connectivity index (χ1v) is 6.21.